The first kappa shape index (κ1) is 14.0. The third-order valence-electron chi connectivity index (χ3n) is 2.62. The normalized spacial score (nSPS) is 10.3. The van der Waals surface area contributed by atoms with E-state index in [4.69, 9.17) is 11.6 Å². The number of carbonyl (C=O) groups is 1. The van der Waals surface area contributed by atoms with Crippen molar-refractivity contribution < 1.29 is 9.18 Å². The van der Waals surface area contributed by atoms with E-state index in [0.29, 0.717) is 20.6 Å². The predicted molar refractivity (Wildman–Crippen MR) is 78.2 cm³/mol. The molecule has 5 heteroatoms. The molecular weight excluding hydrogens is 333 g/mol. The lowest BCUT2D eigenvalue weighted by Crippen LogP contribution is -2.13. The van der Waals surface area contributed by atoms with Gasteiger partial charge in [0.25, 0.3) is 5.91 Å². The Bertz CT molecular complexity index is 645. The van der Waals surface area contributed by atoms with Crippen molar-refractivity contribution in [2.75, 3.05) is 5.32 Å². The van der Waals surface area contributed by atoms with Crippen LogP contribution in [0.15, 0.2) is 40.9 Å². The summed E-state index contributed by atoms with van der Waals surface area (Å²) in [4.78, 5) is 12.0. The fourth-order valence-electron chi connectivity index (χ4n) is 1.58. The van der Waals surface area contributed by atoms with Crippen LogP contribution in [0.5, 0.6) is 0 Å². The van der Waals surface area contributed by atoms with Crippen LogP contribution in [0.2, 0.25) is 5.02 Å². The second-order valence-corrected chi connectivity index (χ2v) is 5.28. The minimum absolute atomic E-state index is 0.157. The highest BCUT2D eigenvalue weighted by Gasteiger charge is 2.11. The molecule has 0 fully saturated rings. The van der Waals surface area contributed by atoms with Crippen molar-refractivity contribution >= 4 is 39.1 Å². The fraction of sp³-hybridized carbons (Fsp3) is 0.0714. The van der Waals surface area contributed by atoms with Gasteiger partial charge < -0.3 is 5.32 Å². The topological polar surface area (TPSA) is 29.1 Å². The minimum Gasteiger partial charge on any atom is -0.319 e. The van der Waals surface area contributed by atoms with Crippen LogP contribution in [0.4, 0.5) is 10.1 Å². The molecular formula is C14H10BrClFNO. The molecule has 0 atom stereocenters. The summed E-state index contributed by atoms with van der Waals surface area (Å²) in [5.41, 5.74) is 1.00. The first-order chi connectivity index (χ1) is 8.99. The molecule has 0 unspecified atom stereocenters. The summed E-state index contributed by atoms with van der Waals surface area (Å²) in [6, 6.07) is 9.64. The van der Waals surface area contributed by atoms with Gasteiger partial charge in [0, 0.05) is 10.0 Å². The van der Waals surface area contributed by atoms with E-state index < -0.39 is 11.7 Å². The highest BCUT2D eigenvalue weighted by Crippen LogP contribution is 2.24. The summed E-state index contributed by atoms with van der Waals surface area (Å²) in [6.07, 6.45) is 0. The second kappa shape index (κ2) is 5.72. The zero-order valence-electron chi connectivity index (χ0n) is 10.0. The van der Waals surface area contributed by atoms with E-state index in [-0.39, 0.29) is 5.69 Å². The molecule has 2 nitrogen and oxygen atoms in total. The lowest BCUT2D eigenvalue weighted by molar-refractivity contribution is 0.102. The monoisotopic (exact) mass is 341 g/mol. The van der Waals surface area contributed by atoms with Crippen LogP contribution < -0.4 is 5.32 Å². The van der Waals surface area contributed by atoms with Crippen LogP contribution in [0, 0.1) is 12.7 Å². The van der Waals surface area contributed by atoms with Crippen LogP contribution >= 0.6 is 27.5 Å². The molecule has 0 spiro atoms. The molecule has 19 heavy (non-hydrogen) atoms. The zero-order chi connectivity index (χ0) is 14.0. The van der Waals surface area contributed by atoms with Gasteiger partial charge in [-0.3, -0.25) is 4.79 Å². The minimum atomic E-state index is -0.431. The maximum Gasteiger partial charge on any atom is 0.255 e. The third-order valence-corrected chi connectivity index (χ3v) is 3.85. The van der Waals surface area contributed by atoms with Gasteiger partial charge in [-0.2, -0.15) is 0 Å². The molecule has 0 aromatic heterocycles. The highest BCUT2D eigenvalue weighted by atomic mass is 79.9. The van der Waals surface area contributed by atoms with Crippen LogP contribution in [0.1, 0.15) is 15.9 Å². The van der Waals surface area contributed by atoms with Crippen LogP contribution in [-0.2, 0) is 0 Å². The van der Waals surface area contributed by atoms with Crippen molar-refractivity contribution in [1.82, 2.24) is 0 Å². The summed E-state index contributed by atoms with van der Waals surface area (Å²) in [5.74, 6) is -0.835. The summed E-state index contributed by atoms with van der Waals surface area (Å²) in [7, 11) is 0. The molecule has 98 valence electrons. The summed E-state index contributed by atoms with van der Waals surface area (Å²) in [5, 5.41) is 2.95. The molecule has 0 aliphatic carbocycles. The van der Waals surface area contributed by atoms with Crippen LogP contribution in [0.3, 0.4) is 0 Å². The smallest absolute Gasteiger partial charge is 0.255 e. The predicted octanol–water partition coefficient (Wildman–Crippen LogP) is 4.80. The lowest BCUT2D eigenvalue weighted by Gasteiger charge is -2.08. The number of carbonyl (C=O) groups excluding carboxylic acids is 1. The van der Waals surface area contributed by atoms with Gasteiger partial charge in [-0.25, -0.2) is 4.39 Å². The van der Waals surface area contributed by atoms with Crippen molar-refractivity contribution in [3.63, 3.8) is 0 Å². The van der Waals surface area contributed by atoms with E-state index in [0.717, 1.165) is 0 Å². The Morgan fingerprint density at radius 3 is 2.74 bits per heavy atom. The second-order valence-electron chi connectivity index (χ2n) is 4.02. The standard InChI is InChI=1S/C14H10BrClFNO/c1-8-3-2-4-12(13(8)17)18-14(19)9-5-6-10(15)11(16)7-9/h2-7H,1H3,(H,18,19). The Morgan fingerprint density at radius 1 is 1.32 bits per heavy atom. The Morgan fingerprint density at radius 2 is 2.05 bits per heavy atom. The van der Waals surface area contributed by atoms with E-state index in [1.807, 2.05) is 0 Å². The Hall–Kier alpha value is -1.39. The molecule has 2 aromatic carbocycles. The summed E-state index contributed by atoms with van der Waals surface area (Å²) in [6.45, 7) is 1.64. The van der Waals surface area contributed by atoms with E-state index in [2.05, 4.69) is 21.2 Å². The summed E-state index contributed by atoms with van der Waals surface area (Å²) >= 11 is 9.16. The zero-order valence-corrected chi connectivity index (χ0v) is 12.3. The van der Waals surface area contributed by atoms with E-state index in [9.17, 15) is 9.18 Å². The van der Waals surface area contributed by atoms with Gasteiger partial charge in [-0.05, 0) is 52.7 Å². The van der Waals surface area contributed by atoms with Gasteiger partial charge in [0.05, 0.1) is 10.7 Å². The number of aryl methyl sites for hydroxylation is 1. The largest absolute Gasteiger partial charge is 0.319 e. The number of amides is 1. The van der Waals surface area contributed by atoms with Gasteiger partial charge in [0.15, 0.2) is 0 Å². The Kier molecular flexibility index (Phi) is 4.22. The third kappa shape index (κ3) is 3.14. The van der Waals surface area contributed by atoms with Crippen LogP contribution in [-0.4, -0.2) is 5.91 Å². The number of anilines is 1. The van der Waals surface area contributed by atoms with E-state index >= 15 is 0 Å². The quantitative estimate of drug-likeness (QED) is 0.834. The molecule has 0 saturated carbocycles. The average Bonchev–Trinajstić information content (AvgIpc) is 2.38. The van der Waals surface area contributed by atoms with Gasteiger partial charge in [0.2, 0.25) is 0 Å². The molecule has 2 rings (SSSR count). The van der Waals surface area contributed by atoms with Gasteiger partial charge in [0.1, 0.15) is 5.82 Å². The number of hydrogen-bond donors (Lipinski definition) is 1. The summed E-state index contributed by atoms with van der Waals surface area (Å²) < 4.78 is 14.5. The highest BCUT2D eigenvalue weighted by molar-refractivity contribution is 9.10. The number of rotatable bonds is 2. The number of hydrogen-bond acceptors (Lipinski definition) is 1. The first-order valence-electron chi connectivity index (χ1n) is 5.50. The molecule has 1 N–H and O–H groups in total. The molecule has 0 bridgehead atoms. The lowest BCUT2D eigenvalue weighted by atomic mass is 10.2. The van der Waals surface area contributed by atoms with Gasteiger partial charge in [-0.1, -0.05) is 23.7 Å². The maximum absolute atomic E-state index is 13.8. The molecule has 0 aliphatic rings. The van der Waals surface area contributed by atoms with E-state index in [1.54, 1.807) is 31.2 Å². The van der Waals surface area contributed by atoms with Crippen molar-refractivity contribution in [2.45, 2.75) is 6.92 Å². The Balaban J connectivity index is 2.26. The molecule has 0 saturated heterocycles. The first-order valence-corrected chi connectivity index (χ1v) is 6.67. The molecule has 2 aromatic rings. The molecule has 0 aliphatic heterocycles. The SMILES string of the molecule is Cc1cccc(NC(=O)c2ccc(Br)c(Cl)c2)c1F. The van der Waals surface area contributed by atoms with Crippen LogP contribution in [0.25, 0.3) is 0 Å². The number of benzene rings is 2. The van der Waals surface area contributed by atoms with Gasteiger partial charge in [-0.15, -0.1) is 0 Å². The molecule has 0 heterocycles. The van der Waals surface area contributed by atoms with Crippen molar-refractivity contribution in [3.05, 3.63) is 62.8 Å². The molecule has 0 radical (unpaired) electrons. The number of halogens is 3. The maximum atomic E-state index is 13.8. The molecule has 1 amide bonds. The average molecular weight is 343 g/mol. The van der Waals surface area contributed by atoms with E-state index in [1.165, 1.54) is 12.1 Å². The van der Waals surface area contributed by atoms with Crippen molar-refractivity contribution in [3.8, 4) is 0 Å². The van der Waals surface area contributed by atoms with Crippen molar-refractivity contribution in [2.24, 2.45) is 0 Å². The Labute approximate surface area is 123 Å². The fourth-order valence-corrected chi connectivity index (χ4v) is 2.00. The van der Waals surface area contributed by atoms with Crippen molar-refractivity contribution in [1.29, 1.82) is 0 Å². The van der Waals surface area contributed by atoms with Gasteiger partial charge >= 0.3 is 0 Å². The number of nitrogens with one attached hydrogen (secondary N) is 1.